The van der Waals surface area contributed by atoms with Crippen LogP contribution in [0.15, 0.2) is 24.5 Å². The van der Waals surface area contributed by atoms with E-state index in [2.05, 4.69) is 29.1 Å². The highest BCUT2D eigenvalue weighted by Crippen LogP contribution is 2.48. The number of ether oxygens (including phenoxy) is 1. The molecule has 10 heteroatoms. The minimum atomic E-state index is -0.266. The Morgan fingerprint density at radius 2 is 1.94 bits per heavy atom. The van der Waals surface area contributed by atoms with Crippen LogP contribution in [-0.2, 0) is 27.3 Å². The third kappa shape index (κ3) is 4.25. The molecule has 2 aromatic heterocycles. The number of carbonyl (C=O) groups excluding carboxylic acids is 2. The van der Waals surface area contributed by atoms with Crippen LogP contribution in [0.4, 0.5) is 0 Å². The molecule has 2 amide bonds. The van der Waals surface area contributed by atoms with Crippen molar-refractivity contribution in [3.8, 4) is 11.3 Å². The molecule has 3 fully saturated rings. The molecular weight excluding hydrogens is 507 g/mol. The number of imide groups is 1. The van der Waals surface area contributed by atoms with Crippen LogP contribution in [0.25, 0.3) is 21.5 Å². The summed E-state index contributed by atoms with van der Waals surface area (Å²) in [5.41, 5.74) is 2.98. The summed E-state index contributed by atoms with van der Waals surface area (Å²) in [5, 5.41) is 4.52. The molecule has 2 saturated heterocycles. The second kappa shape index (κ2) is 8.49. The summed E-state index contributed by atoms with van der Waals surface area (Å²) in [7, 11) is 0. The van der Waals surface area contributed by atoms with Crippen LogP contribution in [0.1, 0.15) is 30.7 Å². The Hall–Kier alpha value is -2.10. The Labute approximate surface area is 216 Å². The molecule has 35 heavy (non-hydrogen) atoms. The molecule has 0 bridgehead atoms. The van der Waals surface area contributed by atoms with Crippen molar-refractivity contribution in [2.24, 2.45) is 11.8 Å². The molecule has 1 aromatic carbocycles. The number of thiophene rings is 1. The van der Waals surface area contributed by atoms with Crippen molar-refractivity contribution < 1.29 is 14.3 Å². The van der Waals surface area contributed by atoms with Crippen LogP contribution in [0, 0.1) is 11.8 Å². The molecular formula is C25H24Cl2N4O3S. The number of nitrogens with one attached hydrogen (secondary N) is 1. The van der Waals surface area contributed by atoms with Gasteiger partial charge in [0.05, 0.1) is 46.0 Å². The number of carbonyl (C=O) groups is 2. The van der Waals surface area contributed by atoms with Crippen molar-refractivity contribution in [3.63, 3.8) is 0 Å². The highest BCUT2D eigenvalue weighted by molar-refractivity contribution is 7.19. The van der Waals surface area contributed by atoms with E-state index < -0.39 is 0 Å². The van der Waals surface area contributed by atoms with Gasteiger partial charge in [-0.3, -0.25) is 14.5 Å². The lowest BCUT2D eigenvalue weighted by molar-refractivity contribution is -0.141. The molecule has 1 saturated carbocycles. The minimum Gasteiger partial charge on any atom is -0.369 e. The molecule has 3 aliphatic rings. The first kappa shape index (κ1) is 23.3. The zero-order chi connectivity index (χ0) is 24.5. The van der Waals surface area contributed by atoms with Crippen molar-refractivity contribution >= 4 is 56.6 Å². The van der Waals surface area contributed by atoms with Gasteiger partial charge in [0, 0.05) is 40.0 Å². The molecule has 3 unspecified atom stereocenters. The second-order valence-corrected chi connectivity index (χ2v) is 12.1. The van der Waals surface area contributed by atoms with Gasteiger partial charge in [-0.2, -0.15) is 0 Å². The van der Waals surface area contributed by atoms with Gasteiger partial charge in [0.2, 0.25) is 11.8 Å². The number of hydrogen-bond donors (Lipinski definition) is 1. The molecule has 4 heterocycles. The van der Waals surface area contributed by atoms with Crippen molar-refractivity contribution in [2.75, 3.05) is 13.1 Å². The van der Waals surface area contributed by atoms with Gasteiger partial charge >= 0.3 is 0 Å². The number of nitrogens with zero attached hydrogens (tertiary/aromatic N) is 3. The fraction of sp³-hybridized carbons (Fsp3) is 0.440. The van der Waals surface area contributed by atoms with E-state index in [4.69, 9.17) is 27.9 Å². The van der Waals surface area contributed by atoms with Gasteiger partial charge in [0.15, 0.2) is 0 Å². The number of hydrogen-bond acceptors (Lipinski definition) is 7. The molecule has 182 valence electrons. The standard InChI is InChI=1S/C25H24Cl2N4O3S/c1-25(2)10-28-8-13(34-25)5-15-16(3-12(26)4-19(15)27)21-22-20(29-11-30-21)6-14(35-22)9-31-23(32)17-7-18(17)24(31)33/h3-4,6,11,13,17-18,28H,5,7-10H2,1-2H3. The average Bonchev–Trinajstić information content (AvgIpc) is 3.43. The van der Waals surface area contributed by atoms with Crippen LogP contribution in [0.3, 0.4) is 0 Å². The summed E-state index contributed by atoms with van der Waals surface area (Å²) in [6.07, 6.45) is 2.78. The van der Waals surface area contributed by atoms with E-state index in [0.717, 1.165) is 45.0 Å². The lowest BCUT2D eigenvalue weighted by Gasteiger charge is -2.37. The Morgan fingerprint density at radius 3 is 2.69 bits per heavy atom. The lowest BCUT2D eigenvalue weighted by atomic mass is 9.96. The number of likely N-dealkylation sites (tertiary alicyclic amines) is 1. The van der Waals surface area contributed by atoms with Gasteiger partial charge < -0.3 is 10.1 Å². The number of fused-ring (bicyclic) bond motifs is 2. The van der Waals surface area contributed by atoms with E-state index in [-0.39, 0.29) is 41.9 Å². The van der Waals surface area contributed by atoms with E-state index in [9.17, 15) is 9.59 Å². The minimum absolute atomic E-state index is 0.0500. The molecule has 3 aromatic rings. The summed E-state index contributed by atoms with van der Waals surface area (Å²) >= 11 is 14.6. The number of aromatic nitrogens is 2. The molecule has 0 radical (unpaired) electrons. The molecule has 6 rings (SSSR count). The predicted octanol–water partition coefficient (Wildman–Crippen LogP) is 4.48. The zero-order valence-corrected chi connectivity index (χ0v) is 21.6. The molecule has 1 aliphatic carbocycles. The number of rotatable bonds is 5. The third-order valence-corrected chi connectivity index (χ3v) is 8.56. The molecule has 1 N–H and O–H groups in total. The van der Waals surface area contributed by atoms with E-state index in [1.54, 1.807) is 6.07 Å². The van der Waals surface area contributed by atoms with Crippen LogP contribution in [0.5, 0.6) is 0 Å². The Morgan fingerprint density at radius 1 is 1.17 bits per heavy atom. The number of halogens is 2. The molecule has 3 atom stereocenters. The third-order valence-electron chi connectivity index (χ3n) is 6.89. The van der Waals surface area contributed by atoms with E-state index in [1.165, 1.54) is 22.6 Å². The van der Waals surface area contributed by atoms with Crippen LogP contribution in [0.2, 0.25) is 10.0 Å². The second-order valence-electron chi connectivity index (χ2n) is 10.1. The highest BCUT2D eigenvalue weighted by Gasteiger charge is 2.58. The number of piperidine rings is 1. The largest absolute Gasteiger partial charge is 0.369 e. The molecule has 0 spiro atoms. The summed E-state index contributed by atoms with van der Waals surface area (Å²) in [4.78, 5) is 36.2. The van der Waals surface area contributed by atoms with E-state index >= 15 is 0 Å². The maximum absolute atomic E-state index is 12.5. The van der Waals surface area contributed by atoms with Crippen LogP contribution in [-0.4, -0.2) is 51.5 Å². The van der Waals surface area contributed by atoms with Gasteiger partial charge in [-0.15, -0.1) is 11.3 Å². The fourth-order valence-corrected chi connectivity index (χ4v) is 6.84. The molecule has 2 aliphatic heterocycles. The normalized spacial score (nSPS) is 25.4. The first-order valence-electron chi connectivity index (χ1n) is 11.7. The summed E-state index contributed by atoms with van der Waals surface area (Å²) in [5.74, 6) is -0.330. The fourth-order valence-electron chi connectivity index (χ4n) is 5.17. The van der Waals surface area contributed by atoms with Crippen molar-refractivity contribution in [1.29, 1.82) is 0 Å². The van der Waals surface area contributed by atoms with Crippen LogP contribution < -0.4 is 5.32 Å². The highest BCUT2D eigenvalue weighted by atomic mass is 35.5. The Kier molecular flexibility index (Phi) is 5.65. The zero-order valence-electron chi connectivity index (χ0n) is 19.3. The summed E-state index contributed by atoms with van der Waals surface area (Å²) < 4.78 is 7.17. The first-order valence-corrected chi connectivity index (χ1v) is 13.2. The monoisotopic (exact) mass is 530 g/mol. The van der Waals surface area contributed by atoms with E-state index in [0.29, 0.717) is 22.9 Å². The first-order chi connectivity index (χ1) is 16.7. The van der Waals surface area contributed by atoms with Gasteiger partial charge in [0.1, 0.15) is 6.33 Å². The van der Waals surface area contributed by atoms with Crippen molar-refractivity contribution in [1.82, 2.24) is 20.2 Å². The van der Waals surface area contributed by atoms with Gasteiger partial charge in [-0.05, 0) is 44.0 Å². The number of morpholine rings is 1. The number of amides is 2. The smallest absolute Gasteiger partial charge is 0.233 e. The topological polar surface area (TPSA) is 84.4 Å². The van der Waals surface area contributed by atoms with Crippen molar-refractivity contribution in [2.45, 2.75) is 44.9 Å². The lowest BCUT2D eigenvalue weighted by Crippen LogP contribution is -2.51. The average molecular weight is 531 g/mol. The maximum atomic E-state index is 12.5. The summed E-state index contributed by atoms with van der Waals surface area (Å²) in [6, 6.07) is 5.56. The SMILES string of the molecule is CC1(C)CNCC(Cc2c(Cl)cc(Cl)cc2-c2ncnc3cc(CN4C(=O)C5CC5C4=O)sc23)O1. The van der Waals surface area contributed by atoms with Gasteiger partial charge in [-0.1, -0.05) is 23.2 Å². The van der Waals surface area contributed by atoms with Crippen LogP contribution >= 0.6 is 34.5 Å². The van der Waals surface area contributed by atoms with Crippen molar-refractivity contribution in [3.05, 3.63) is 45.0 Å². The maximum Gasteiger partial charge on any atom is 0.233 e. The summed E-state index contributed by atoms with van der Waals surface area (Å²) in [6.45, 7) is 5.92. The predicted molar refractivity (Wildman–Crippen MR) is 136 cm³/mol. The van der Waals surface area contributed by atoms with Gasteiger partial charge in [0.25, 0.3) is 0 Å². The molecule has 7 nitrogen and oxygen atoms in total. The van der Waals surface area contributed by atoms with Gasteiger partial charge in [-0.25, -0.2) is 9.97 Å². The van der Waals surface area contributed by atoms with E-state index in [1.807, 2.05) is 12.1 Å². The Bertz CT molecular complexity index is 1350. The number of benzene rings is 1. The quantitative estimate of drug-likeness (QED) is 0.489. The Balaban J connectivity index is 1.37.